The fourth-order valence-electron chi connectivity index (χ4n) is 3.04. The van der Waals surface area contributed by atoms with Crippen molar-refractivity contribution in [3.05, 3.63) is 70.1 Å². The van der Waals surface area contributed by atoms with E-state index in [9.17, 15) is 14.4 Å². The van der Waals surface area contributed by atoms with Gasteiger partial charge in [-0.1, -0.05) is 18.2 Å². The first kappa shape index (κ1) is 17.0. The minimum Gasteiger partial charge on any atom is -0.352 e. The van der Waals surface area contributed by atoms with Gasteiger partial charge in [0, 0.05) is 31.4 Å². The number of aromatic nitrogens is 1. The second-order valence-electron chi connectivity index (χ2n) is 6.22. The summed E-state index contributed by atoms with van der Waals surface area (Å²) < 4.78 is 0. The van der Waals surface area contributed by atoms with Gasteiger partial charge in [-0.3, -0.25) is 14.4 Å². The Morgan fingerprint density at radius 2 is 1.80 bits per heavy atom. The molecule has 2 heterocycles. The number of carbonyl (C=O) groups is 2. The van der Waals surface area contributed by atoms with Crippen molar-refractivity contribution in [3.63, 3.8) is 0 Å². The SMILES string of the molecule is O=C(NCC1CCN(C(=O)c2ccccc2)CC1)c1ccc[nH]c1=O. The lowest BCUT2D eigenvalue weighted by molar-refractivity contribution is 0.0684. The molecule has 1 aliphatic heterocycles. The van der Waals surface area contributed by atoms with Crippen molar-refractivity contribution in [2.45, 2.75) is 12.8 Å². The summed E-state index contributed by atoms with van der Waals surface area (Å²) in [6.07, 6.45) is 3.17. The van der Waals surface area contributed by atoms with E-state index in [1.54, 1.807) is 6.07 Å². The van der Waals surface area contributed by atoms with Crippen LogP contribution in [0.15, 0.2) is 53.5 Å². The van der Waals surface area contributed by atoms with Gasteiger partial charge in [0.1, 0.15) is 5.56 Å². The predicted octanol–water partition coefficient (Wildman–Crippen LogP) is 1.66. The van der Waals surface area contributed by atoms with E-state index in [1.807, 2.05) is 35.2 Å². The molecule has 1 aliphatic rings. The highest BCUT2D eigenvalue weighted by atomic mass is 16.2. The summed E-state index contributed by atoms with van der Waals surface area (Å²) >= 11 is 0. The largest absolute Gasteiger partial charge is 0.352 e. The number of amides is 2. The van der Waals surface area contributed by atoms with Crippen molar-refractivity contribution >= 4 is 11.8 Å². The Morgan fingerprint density at radius 1 is 1.08 bits per heavy atom. The quantitative estimate of drug-likeness (QED) is 0.889. The minimum absolute atomic E-state index is 0.0545. The first-order valence-corrected chi connectivity index (χ1v) is 8.45. The van der Waals surface area contributed by atoms with E-state index in [2.05, 4.69) is 10.3 Å². The van der Waals surface area contributed by atoms with Gasteiger partial charge in [-0.15, -0.1) is 0 Å². The summed E-state index contributed by atoms with van der Waals surface area (Å²) in [5, 5.41) is 2.82. The van der Waals surface area contributed by atoms with Crippen LogP contribution in [0.3, 0.4) is 0 Å². The molecule has 1 fully saturated rings. The highest BCUT2D eigenvalue weighted by molar-refractivity contribution is 5.94. The Kier molecular flexibility index (Phi) is 5.28. The maximum atomic E-state index is 12.4. The zero-order valence-electron chi connectivity index (χ0n) is 13.9. The van der Waals surface area contributed by atoms with Crippen LogP contribution in [-0.4, -0.2) is 41.3 Å². The van der Waals surface area contributed by atoms with Gasteiger partial charge < -0.3 is 15.2 Å². The molecule has 1 saturated heterocycles. The van der Waals surface area contributed by atoms with Gasteiger partial charge in [-0.05, 0) is 43.0 Å². The molecule has 3 rings (SSSR count). The summed E-state index contributed by atoms with van der Waals surface area (Å²) in [4.78, 5) is 40.4. The van der Waals surface area contributed by atoms with Crippen molar-refractivity contribution in [2.75, 3.05) is 19.6 Å². The first-order valence-electron chi connectivity index (χ1n) is 8.45. The molecule has 0 aliphatic carbocycles. The summed E-state index contributed by atoms with van der Waals surface area (Å²) in [5.74, 6) is 0.00936. The standard InChI is InChI=1S/C19H21N3O3/c23-17-16(7-4-10-20-17)18(24)21-13-14-8-11-22(12-9-14)19(25)15-5-2-1-3-6-15/h1-7,10,14H,8-9,11-13H2,(H,20,23)(H,21,24). The molecule has 1 aromatic heterocycles. The van der Waals surface area contributed by atoms with Gasteiger partial charge in [-0.2, -0.15) is 0 Å². The molecular weight excluding hydrogens is 318 g/mol. The van der Waals surface area contributed by atoms with E-state index in [1.165, 1.54) is 12.3 Å². The Labute approximate surface area is 145 Å². The fourth-order valence-corrected chi connectivity index (χ4v) is 3.04. The van der Waals surface area contributed by atoms with Crippen LogP contribution in [0.4, 0.5) is 0 Å². The number of hydrogen-bond acceptors (Lipinski definition) is 3. The Morgan fingerprint density at radius 3 is 2.48 bits per heavy atom. The molecule has 2 aromatic rings. The first-order chi connectivity index (χ1) is 12.1. The summed E-state index contributed by atoms with van der Waals surface area (Å²) in [7, 11) is 0. The molecule has 0 bridgehead atoms. The van der Waals surface area contributed by atoms with Gasteiger partial charge in [-0.25, -0.2) is 0 Å². The third-order valence-corrected chi connectivity index (χ3v) is 4.54. The normalized spacial score (nSPS) is 15.0. The highest BCUT2D eigenvalue weighted by Crippen LogP contribution is 2.18. The number of likely N-dealkylation sites (tertiary alicyclic amines) is 1. The van der Waals surface area contributed by atoms with Crippen LogP contribution in [0.1, 0.15) is 33.6 Å². The molecule has 2 amide bonds. The molecular formula is C19H21N3O3. The molecule has 0 atom stereocenters. The van der Waals surface area contributed by atoms with Crippen LogP contribution in [0.25, 0.3) is 0 Å². The number of nitrogens with zero attached hydrogens (tertiary/aromatic N) is 1. The lowest BCUT2D eigenvalue weighted by Crippen LogP contribution is -2.42. The Balaban J connectivity index is 1.48. The predicted molar refractivity (Wildman–Crippen MR) is 94.5 cm³/mol. The van der Waals surface area contributed by atoms with Crippen LogP contribution in [0.5, 0.6) is 0 Å². The summed E-state index contributed by atoms with van der Waals surface area (Å²) in [6, 6.07) is 12.4. The number of hydrogen-bond donors (Lipinski definition) is 2. The molecule has 1 aromatic carbocycles. The average molecular weight is 339 g/mol. The second-order valence-corrected chi connectivity index (χ2v) is 6.22. The van der Waals surface area contributed by atoms with Gasteiger partial charge in [0.05, 0.1) is 0 Å². The molecule has 25 heavy (non-hydrogen) atoms. The van der Waals surface area contributed by atoms with E-state index < -0.39 is 0 Å². The maximum absolute atomic E-state index is 12.4. The summed E-state index contributed by atoms with van der Waals surface area (Å²) in [5.41, 5.74) is 0.444. The summed E-state index contributed by atoms with van der Waals surface area (Å²) in [6.45, 7) is 1.88. The van der Waals surface area contributed by atoms with Crippen LogP contribution >= 0.6 is 0 Å². The molecule has 130 valence electrons. The lowest BCUT2D eigenvalue weighted by Gasteiger charge is -2.32. The van der Waals surface area contributed by atoms with Crippen molar-refractivity contribution in [1.29, 1.82) is 0 Å². The Hall–Kier alpha value is -2.89. The van der Waals surface area contributed by atoms with E-state index >= 15 is 0 Å². The second kappa shape index (κ2) is 7.79. The van der Waals surface area contributed by atoms with E-state index in [0.29, 0.717) is 31.1 Å². The number of nitrogens with one attached hydrogen (secondary N) is 2. The van der Waals surface area contributed by atoms with E-state index in [0.717, 1.165) is 12.8 Å². The minimum atomic E-state index is -0.386. The van der Waals surface area contributed by atoms with Crippen molar-refractivity contribution in [3.8, 4) is 0 Å². The molecule has 0 spiro atoms. The zero-order chi connectivity index (χ0) is 17.6. The number of piperidine rings is 1. The number of carbonyl (C=O) groups excluding carboxylic acids is 2. The van der Waals surface area contributed by atoms with Gasteiger partial charge in [0.15, 0.2) is 0 Å². The molecule has 0 radical (unpaired) electrons. The third-order valence-electron chi connectivity index (χ3n) is 4.54. The molecule has 6 nitrogen and oxygen atoms in total. The van der Waals surface area contributed by atoms with E-state index in [-0.39, 0.29) is 22.9 Å². The van der Waals surface area contributed by atoms with Gasteiger partial charge in [0.2, 0.25) is 0 Å². The van der Waals surface area contributed by atoms with Crippen molar-refractivity contribution < 1.29 is 9.59 Å². The monoisotopic (exact) mass is 339 g/mol. The molecule has 2 N–H and O–H groups in total. The molecule has 0 unspecified atom stereocenters. The van der Waals surface area contributed by atoms with Gasteiger partial charge >= 0.3 is 0 Å². The van der Waals surface area contributed by atoms with Gasteiger partial charge in [0.25, 0.3) is 17.4 Å². The van der Waals surface area contributed by atoms with Crippen LogP contribution in [0, 0.1) is 5.92 Å². The maximum Gasteiger partial charge on any atom is 0.260 e. The smallest absolute Gasteiger partial charge is 0.260 e. The van der Waals surface area contributed by atoms with Crippen LogP contribution in [-0.2, 0) is 0 Å². The fraction of sp³-hybridized carbons (Fsp3) is 0.316. The third kappa shape index (κ3) is 4.15. The highest BCUT2D eigenvalue weighted by Gasteiger charge is 2.24. The average Bonchev–Trinajstić information content (AvgIpc) is 2.67. The topological polar surface area (TPSA) is 82.3 Å². The van der Waals surface area contributed by atoms with Crippen LogP contribution < -0.4 is 10.9 Å². The number of H-pyrrole nitrogens is 1. The Bertz CT molecular complexity index is 793. The number of pyridine rings is 1. The molecule has 0 saturated carbocycles. The van der Waals surface area contributed by atoms with Crippen LogP contribution in [0.2, 0.25) is 0 Å². The number of rotatable bonds is 4. The lowest BCUT2D eigenvalue weighted by atomic mass is 9.96. The van der Waals surface area contributed by atoms with E-state index in [4.69, 9.17) is 0 Å². The van der Waals surface area contributed by atoms with Crippen molar-refractivity contribution in [1.82, 2.24) is 15.2 Å². The van der Waals surface area contributed by atoms with Crippen molar-refractivity contribution in [2.24, 2.45) is 5.92 Å². The zero-order valence-corrected chi connectivity index (χ0v) is 13.9. The number of benzene rings is 1. The molecule has 6 heteroatoms. The number of aromatic amines is 1.